The molecule has 1 fully saturated rings. The first-order chi connectivity index (χ1) is 16.1. The predicted molar refractivity (Wildman–Crippen MR) is 152 cm³/mol. The van der Waals surface area contributed by atoms with Crippen LogP contribution in [0.15, 0.2) is 53.5 Å². The first kappa shape index (κ1) is 28.1. The molecule has 0 spiro atoms. The minimum atomic E-state index is -0.0590. The van der Waals surface area contributed by atoms with Gasteiger partial charge in [-0.2, -0.15) is 0 Å². The van der Waals surface area contributed by atoms with Gasteiger partial charge in [0.25, 0.3) is 5.91 Å². The molecule has 3 rings (SSSR count). The van der Waals surface area contributed by atoms with Crippen LogP contribution in [0.25, 0.3) is 0 Å². The Kier molecular flexibility index (Phi) is 12.4. The summed E-state index contributed by atoms with van der Waals surface area (Å²) in [6, 6.07) is 16.6. The van der Waals surface area contributed by atoms with Gasteiger partial charge in [-0.1, -0.05) is 43.3 Å². The topological polar surface area (TPSA) is 68.8 Å². The number of guanidine groups is 1. The molecule has 2 aromatic rings. The number of amides is 1. The van der Waals surface area contributed by atoms with E-state index < -0.39 is 0 Å². The summed E-state index contributed by atoms with van der Waals surface area (Å²) >= 11 is 0. The second-order valence-corrected chi connectivity index (χ2v) is 8.93. The van der Waals surface area contributed by atoms with Crippen LogP contribution in [0.2, 0.25) is 0 Å². The van der Waals surface area contributed by atoms with E-state index in [-0.39, 0.29) is 29.9 Å². The highest BCUT2D eigenvalue weighted by Crippen LogP contribution is 2.18. The van der Waals surface area contributed by atoms with Gasteiger partial charge in [-0.25, -0.2) is 4.99 Å². The second-order valence-electron chi connectivity index (χ2n) is 8.93. The molecule has 186 valence electrons. The van der Waals surface area contributed by atoms with Crippen LogP contribution in [0.3, 0.4) is 0 Å². The van der Waals surface area contributed by atoms with E-state index in [1.54, 1.807) is 7.05 Å². The Morgan fingerprint density at radius 2 is 1.74 bits per heavy atom. The fraction of sp³-hybridized carbons (Fsp3) is 0.481. The third-order valence-electron chi connectivity index (χ3n) is 6.19. The van der Waals surface area contributed by atoms with E-state index in [1.807, 2.05) is 24.3 Å². The Balaban J connectivity index is 0.00000408. The molecule has 0 saturated carbocycles. The van der Waals surface area contributed by atoms with Gasteiger partial charge in [0.2, 0.25) is 0 Å². The summed E-state index contributed by atoms with van der Waals surface area (Å²) in [5, 5.41) is 9.39. The van der Waals surface area contributed by atoms with Gasteiger partial charge in [0, 0.05) is 32.2 Å². The van der Waals surface area contributed by atoms with Crippen LogP contribution in [0.1, 0.15) is 53.7 Å². The molecule has 1 aliphatic heterocycles. The number of likely N-dealkylation sites (tertiary alicyclic amines) is 1. The zero-order valence-corrected chi connectivity index (χ0v) is 23.1. The number of benzene rings is 2. The molecule has 1 aliphatic rings. The van der Waals surface area contributed by atoms with Gasteiger partial charge in [0.15, 0.2) is 5.96 Å². The standard InChI is InChI=1S/C27H39N5O.HI/c1-4-29-27(30-15-12-22-6-5-7-25(18-22)26(33)28-3)31-19-23-8-10-24(11-9-23)20-32-16-13-21(2)14-17-32;/h5-11,18,21H,4,12-17,19-20H2,1-3H3,(H,28,33)(H2,29,30,31);1H. The molecule has 34 heavy (non-hydrogen) atoms. The smallest absolute Gasteiger partial charge is 0.251 e. The van der Waals surface area contributed by atoms with Crippen LogP contribution in [-0.2, 0) is 19.5 Å². The highest BCUT2D eigenvalue weighted by Gasteiger charge is 2.15. The molecule has 0 bridgehead atoms. The lowest BCUT2D eigenvalue weighted by Gasteiger charge is -2.30. The number of nitrogens with one attached hydrogen (secondary N) is 3. The quantitative estimate of drug-likeness (QED) is 0.238. The Morgan fingerprint density at radius 3 is 2.41 bits per heavy atom. The van der Waals surface area contributed by atoms with E-state index in [0.717, 1.165) is 43.5 Å². The zero-order chi connectivity index (χ0) is 23.5. The molecule has 7 heteroatoms. The summed E-state index contributed by atoms with van der Waals surface area (Å²) in [5.41, 5.74) is 4.40. The normalized spacial score (nSPS) is 14.9. The van der Waals surface area contributed by atoms with Gasteiger partial charge in [-0.3, -0.25) is 9.69 Å². The molecule has 2 aromatic carbocycles. The van der Waals surface area contributed by atoms with Crippen molar-refractivity contribution in [2.75, 3.05) is 33.2 Å². The average molecular weight is 578 g/mol. The van der Waals surface area contributed by atoms with Crippen molar-refractivity contribution in [1.82, 2.24) is 20.9 Å². The number of hydrogen-bond acceptors (Lipinski definition) is 3. The van der Waals surface area contributed by atoms with Crippen molar-refractivity contribution < 1.29 is 4.79 Å². The molecule has 0 atom stereocenters. The van der Waals surface area contributed by atoms with E-state index >= 15 is 0 Å². The first-order valence-corrected chi connectivity index (χ1v) is 12.2. The maximum atomic E-state index is 11.8. The number of carbonyl (C=O) groups excluding carboxylic acids is 1. The number of carbonyl (C=O) groups is 1. The van der Waals surface area contributed by atoms with Gasteiger partial charge < -0.3 is 16.0 Å². The predicted octanol–water partition coefficient (Wildman–Crippen LogP) is 4.19. The molecule has 3 N–H and O–H groups in total. The van der Waals surface area contributed by atoms with Crippen molar-refractivity contribution in [3.63, 3.8) is 0 Å². The van der Waals surface area contributed by atoms with Crippen LogP contribution >= 0.6 is 24.0 Å². The summed E-state index contributed by atoms with van der Waals surface area (Å²) in [4.78, 5) is 19.1. The maximum absolute atomic E-state index is 11.8. The molecule has 0 radical (unpaired) electrons. The number of hydrogen-bond donors (Lipinski definition) is 3. The molecule has 0 unspecified atom stereocenters. The number of nitrogens with zero attached hydrogens (tertiary/aromatic N) is 2. The molecule has 0 aliphatic carbocycles. The summed E-state index contributed by atoms with van der Waals surface area (Å²) in [6.07, 6.45) is 3.44. The fourth-order valence-corrected chi connectivity index (χ4v) is 4.08. The Labute approximate surface area is 222 Å². The Bertz CT molecular complexity index is 907. The number of piperidine rings is 1. The van der Waals surface area contributed by atoms with Gasteiger partial charge in [0.1, 0.15) is 0 Å². The minimum absolute atomic E-state index is 0. The summed E-state index contributed by atoms with van der Waals surface area (Å²) in [5.74, 6) is 1.62. The fourth-order valence-electron chi connectivity index (χ4n) is 4.08. The van der Waals surface area contributed by atoms with E-state index in [0.29, 0.717) is 12.1 Å². The lowest BCUT2D eigenvalue weighted by atomic mass is 9.99. The van der Waals surface area contributed by atoms with Gasteiger partial charge in [-0.15, -0.1) is 24.0 Å². The van der Waals surface area contributed by atoms with Crippen LogP contribution in [0.4, 0.5) is 0 Å². The minimum Gasteiger partial charge on any atom is -0.357 e. The summed E-state index contributed by atoms with van der Waals surface area (Å²) in [7, 11) is 1.65. The highest BCUT2D eigenvalue weighted by atomic mass is 127. The van der Waals surface area contributed by atoms with Crippen LogP contribution in [-0.4, -0.2) is 50.0 Å². The molecule has 1 saturated heterocycles. The Hall–Kier alpha value is -2.13. The molecule has 1 heterocycles. The van der Waals surface area contributed by atoms with Crippen LogP contribution in [0.5, 0.6) is 0 Å². The Morgan fingerprint density at radius 1 is 1.03 bits per heavy atom. The number of halogens is 1. The number of rotatable bonds is 9. The van der Waals surface area contributed by atoms with Crippen molar-refractivity contribution in [1.29, 1.82) is 0 Å². The van der Waals surface area contributed by atoms with Gasteiger partial charge in [-0.05, 0) is 74.0 Å². The third-order valence-corrected chi connectivity index (χ3v) is 6.19. The first-order valence-electron chi connectivity index (χ1n) is 12.2. The second kappa shape index (κ2) is 15.0. The largest absolute Gasteiger partial charge is 0.357 e. The number of aliphatic imine (C=N–C) groups is 1. The van der Waals surface area contributed by atoms with Crippen molar-refractivity contribution in [2.45, 2.75) is 46.2 Å². The molecule has 6 nitrogen and oxygen atoms in total. The van der Waals surface area contributed by atoms with E-state index in [4.69, 9.17) is 4.99 Å². The van der Waals surface area contributed by atoms with Gasteiger partial charge in [0.05, 0.1) is 6.54 Å². The lowest BCUT2D eigenvalue weighted by Crippen LogP contribution is -2.38. The van der Waals surface area contributed by atoms with Crippen molar-refractivity contribution in [3.05, 3.63) is 70.8 Å². The average Bonchev–Trinajstić information content (AvgIpc) is 2.84. The van der Waals surface area contributed by atoms with E-state index in [2.05, 4.69) is 59.0 Å². The van der Waals surface area contributed by atoms with Crippen molar-refractivity contribution in [3.8, 4) is 0 Å². The molecular weight excluding hydrogens is 537 g/mol. The SMILES string of the molecule is CCNC(=NCc1ccc(CN2CCC(C)CC2)cc1)NCCc1cccc(C(=O)NC)c1.I. The summed E-state index contributed by atoms with van der Waals surface area (Å²) in [6.45, 7) is 10.1. The van der Waals surface area contributed by atoms with E-state index in [9.17, 15) is 4.79 Å². The molecule has 1 amide bonds. The van der Waals surface area contributed by atoms with Crippen molar-refractivity contribution >= 4 is 35.8 Å². The molecular formula is C27H40IN5O. The zero-order valence-electron chi connectivity index (χ0n) is 20.8. The third kappa shape index (κ3) is 9.25. The van der Waals surface area contributed by atoms with Crippen molar-refractivity contribution in [2.24, 2.45) is 10.9 Å². The van der Waals surface area contributed by atoms with E-state index in [1.165, 1.54) is 37.1 Å². The molecule has 0 aromatic heterocycles. The lowest BCUT2D eigenvalue weighted by molar-refractivity contribution is 0.0963. The summed E-state index contributed by atoms with van der Waals surface area (Å²) < 4.78 is 0. The monoisotopic (exact) mass is 577 g/mol. The highest BCUT2D eigenvalue weighted by molar-refractivity contribution is 14.0. The van der Waals surface area contributed by atoms with Crippen LogP contribution in [0, 0.1) is 5.92 Å². The van der Waals surface area contributed by atoms with Gasteiger partial charge >= 0.3 is 0 Å². The van der Waals surface area contributed by atoms with Crippen LogP contribution < -0.4 is 16.0 Å². The maximum Gasteiger partial charge on any atom is 0.251 e.